The largest absolute Gasteiger partial charge is 0.481 e. The molecule has 0 radical (unpaired) electrons. The van der Waals surface area contributed by atoms with E-state index in [0.717, 1.165) is 6.42 Å². The first-order valence-electron chi connectivity index (χ1n) is 5.71. The van der Waals surface area contributed by atoms with Crippen LogP contribution in [0.4, 0.5) is 0 Å². The number of nitrogens with zero attached hydrogens (tertiary/aromatic N) is 2. The molecule has 0 aliphatic carbocycles. The number of hydrogen-bond donors (Lipinski definition) is 1. The summed E-state index contributed by atoms with van der Waals surface area (Å²) < 4.78 is 0.668. The van der Waals surface area contributed by atoms with Crippen molar-refractivity contribution in [1.82, 2.24) is 9.88 Å². The lowest BCUT2D eigenvalue weighted by molar-refractivity contribution is -0.143. The Morgan fingerprint density at radius 1 is 1.44 bits per heavy atom. The molecule has 1 aromatic rings. The zero-order chi connectivity index (χ0) is 13.1. The summed E-state index contributed by atoms with van der Waals surface area (Å²) in [6.45, 7) is 0.892. The number of halogens is 1. The highest BCUT2D eigenvalue weighted by Gasteiger charge is 2.28. The fourth-order valence-electron chi connectivity index (χ4n) is 2.05. The topological polar surface area (TPSA) is 70.5 Å². The van der Waals surface area contributed by atoms with Crippen LogP contribution in [-0.4, -0.2) is 40.0 Å². The maximum Gasteiger partial charge on any atom is 0.308 e. The minimum atomic E-state index is -0.832. The molecule has 1 atom stereocenters. The highest BCUT2D eigenvalue weighted by Crippen LogP contribution is 2.19. The molecule has 0 saturated carbocycles. The third kappa shape index (κ3) is 2.87. The standard InChI is InChI=1S/C12H13BrN2O3/c13-10-4-3-8(6-14-10)11(16)15-5-1-2-9(7-15)12(17)18/h3-4,6,9H,1-2,5,7H2,(H,17,18). The monoisotopic (exact) mass is 312 g/mol. The van der Waals surface area contributed by atoms with Gasteiger partial charge in [-0.05, 0) is 40.9 Å². The summed E-state index contributed by atoms with van der Waals surface area (Å²) in [5.41, 5.74) is 0.490. The second kappa shape index (κ2) is 5.48. The molecule has 1 aliphatic heterocycles. The van der Waals surface area contributed by atoms with Crippen molar-refractivity contribution < 1.29 is 14.7 Å². The van der Waals surface area contributed by atoms with Gasteiger partial charge in [0.1, 0.15) is 4.60 Å². The molecular weight excluding hydrogens is 300 g/mol. The van der Waals surface area contributed by atoms with Gasteiger partial charge in [0.25, 0.3) is 5.91 Å². The van der Waals surface area contributed by atoms with Crippen LogP contribution >= 0.6 is 15.9 Å². The molecule has 0 bridgehead atoms. The van der Waals surface area contributed by atoms with Gasteiger partial charge >= 0.3 is 5.97 Å². The number of likely N-dealkylation sites (tertiary alicyclic amines) is 1. The number of aliphatic carboxylic acids is 1. The van der Waals surface area contributed by atoms with E-state index in [1.807, 2.05) is 0 Å². The zero-order valence-electron chi connectivity index (χ0n) is 9.67. The van der Waals surface area contributed by atoms with E-state index in [-0.39, 0.29) is 12.5 Å². The van der Waals surface area contributed by atoms with Gasteiger partial charge in [-0.25, -0.2) is 4.98 Å². The molecule has 1 fully saturated rings. The number of hydrogen-bond acceptors (Lipinski definition) is 3. The summed E-state index contributed by atoms with van der Waals surface area (Å²) in [7, 11) is 0. The predicted octanol–water partition coefficient (Wildman–Crippen LogP) is 1.78. The van der Waals surface area contributed by atoms with Gasteiger partial charge in [-0.1, -0.05) is 0 Å². The van der Waals surface area contributed by atoms with Crippen LogP contribution < -0.4 is 0 Å². The van der Waals surface area contributed by atoms with Crippen molar-refractivity contribution in [1.29, 1.82) is 0 Å². The highest BCUT2D eigenvalue weighted by atomic mass is 79.9. The average molecular weight is 313 g/mol. The molecule has 1 saturated heterocycles. The molecule has 1 aliphatic rings. The minimum Gasteiger partial charge on any atom is -0.481 e. The first kappa shape index (κ1) is 13.0. The molecule has 0 spiro atoms. The van der Waals surface area contributed by atoms with Crippen molar-refractivity contribution in [2.24, 2.45) is 5.92 Å². The van der Waals surface area contributed by atoms with E-state index in [0.29, 0.717) is 23.1 Å². The number of aromatic nitrogens is 1. The van der Waals surface area contributed by atoms with E-state index >= 15 is 0 Å². The van der Waals surface area contributed by atoms with Crippen LogP contribution in [0.25, 0.3) is 0 Å². The summed E-state index contributed by atoms with van der Waals surface area (Å²) in [6.07, 6.45) is 2.86. The fourth-order valence-corrected chi connectivity index (χ4v) is 2.28. The quantitative estimate of drug-likeness (QED) is 0.845. The number of carboxylic acid groups (broad SMARTS) is 1. The van der Waals surface area contributed by atoms with Crippen LogP contribution in [0.2, 0.25) is 0 Å². The SMILES string of the molecule is O=C(O)C1CCCN(C(=O)c2ccc(Br)nc2)C1. The van der Waals surface area contributed by atoms with Gasteiger partial charge in [0, 0.05) is 19.3 Å². The van der Waals surface area contributed by atoms with E-state index in [2.05, 4.69) is 20.9 Å². The molecule has 6 heteroatoms. The Hall–Kier alpha value is -1.43. The lowest BCUT2D eigenvalue weighted by Crippen LogP contribution is -2.42. The second-order valence-electron chi connectivity index (χ2n) is 4.30. The summed E-state index contributed by atoms with van der Waals surface area (Å²) in [5.74, 6) is -1.44. The van der Waals surface area contributed by atoms with E-state index in [4.69, 9.17) is 5.11 Å². The summed E-state index contributed by atoms with van der Waals surface area (Å²) >= 11 is 3.21. The molecular formula is C12H13BrN2O3. The van der Waals surface area contributed by atoms with Gasteiger partial charge in [-0.3, -0.25) is 9.59 Å². The molecule has 1 amide bonds. The van der Waals surface area contributed by atoms with E-state index in [1.54, 1.807) is 17.0 Å². The smallest absolute Gasteiger partial charge is 0.308 e. The van der Waals surface area contributed by atoms with Crippen LogP contribution in [0.15, 0.2) is 22.9 Å². The van der Waals surface area contributed by atoms with Crippen LogP contribution in [0.5, 0.6) is 0 Å². The van der Waals surface area contributed by atoms with Crippen molar-refractivity contribution in [3.63, 3.8) is 0 Å². The average Bonchev–Trinajstić information content (AvgIpc) is 2.39. The lowest BCUT2D eigenvalue weighted by atomic mass is 9.98. The van der Waals surface area contributed by atoms with Gasteiger partial charge in [0.15, 0.2) is 0 Å². The van der Waals surface area contributed by atoms with Gasteiger partial charge in [-0.2, -0.15) is 0 Å². The van der Waals surface area contributed by atoms with Gasteiger partial charge < -0.3 is 10.0 Å². The molecule has 0 aromatic carbocycles. The Morgan fingerprint density at radius 2 is 2.22 bits per heavy atom. The van der Waals surface area contributed by atoms with Gasteiger partial charge in [-0.15, -0.1) is 0 Å². The number of carbonyl (C=O) groups excluding carboxylic acids is 1. The number of amides is 1. The Labute approximate surface area is 113 Å². The zero-order valence-corrected chi connectivity index (χ0v) is 11.3. The first-order chi connectivity index (χ1) is 8.58. The highest BCUT2D eigenvalue weighted by molar-refractivity contribution is 9.10. The minimum absolute atomic E-state index is 0.152. The third-order valence-electron chi connectivity index (χ3n) is 3.03. The van der Waals surface area contributed by atoms with Crippen LogP contribution in [0.3, 0.4) is 0 Å². The third-order valence-corrected chi connectivity index (χ3v) is 3.50. The molecule has 2 rings (SSSR count). The van der Waals surface area contributed by atoms with Gasteiger partial charge in [0.2, 0.25) is 0 Å². The molecule has 96 valence electrons. The summed E-state index contributed by atoms with van der Waals surface area (Å²) in [5, 5.41) is 8.99. The maximum atomic E-state index is 12.2. The molecule has 2 heterocycles. The Bertz CT molecular complexity index is 461. The van der Waals surface area contributed by atoms with E-state index in [9.17, 15) is 9.59 Å². The second-order valence-corrected chi connectivity index (χ2v) is 5.11. The van der Waals surface area contributed by atoms with Crippen molar-refractivity contribution in [3.05, 3.63) is 28.5 Å². The lowest BCUT2D eigenvalue weighted by Gasteiger charge is -2.30. The Morgan fingerprint density at radius 3 is 2.83 bits per heavy atom. The Balaban J connectivity index is 2.09. The molecule has 1 unspecified atom stereocenters. The summed E-state index contributed by atoms with van der Waals surface area (Å²) in [6, 6.07) is 3.38. The number of rotatable bonds is 2. The molecule has 1 aromatic heterocycles. The van der Waals surface area contributed by atoms with E-state index in [1.165, 1.54) is 6.20 Å². The van der Waals surface area contributed by atoms with Crippen molar-refractivity contribution in [2.75, 3.05) is 13.1 Å². The first-order valence-corrected chi connectivity index (χ1v) is 6.51. The van der Waals surface area contributed by atoms with Crippen molar-refractivity contribution in [3.8, 4) is 0 Å². The van der Waals surface area contributed by atoms with Crippen LogP contribution in [0.1, 0.15) is 23.2 Å². The number of carboxylic acids is 1. The Kier molecular flexibility index (Phi) is 3.96. The predicted molar refractivity (Wildman–Crippen MR) is 68.2 cm³/mol. The van der Waals surface area contributed by atoms with Crippen LogP contribution in [0, 0.1) is 5.92 Å². The van der Waals surface area contributed by atoms with Gasteiger partial charge in [0.05, 0.1) is 11.5 Å². The number of pyridine rings is 1. The molecule has 5 nitrogen and oxygen atoms in total. The maximum absolute atomic E-state index is 12.2. The number of piperidine rings is 1. The van der Waals surface area contributed by atoms with Crippen molar-refractivity contribution >= 4 is 27.8 Å². The van der Waals surface area contributed by atoms with E-state index < -0.39 is 11.9 Å². The molecule has 1 N–H and O–H groups in total. The van der Waals surface area contributed by atoms with Crippen LogP contribution in [-0.2, 0) is 4.79 Å². The van der Waals surface area contributed by atoms with Crippen molar-refractivity contribution in [2.45, 2.75) is 12.8 Å². The number of carbonyl (C=O) groups is 2. The normalized spacial score (nSPS) is 19.6. The molecule has 18 heavy (non-hydrogen) atoms. The summed E-state index contributed by atoms with van der Waals surface area (Å²) in [4.78, 5) is 28.7. The fraction of sp³-hybridized carbons (Fsp3) is 0.417.